The molecule has 0 saturated carbocycles. The Morgan fingerprint density at radius 2 is 2.04 bits per heavy atom. The Hall–Kier alpha value is -2.82. The number of carbonyl (C=O) groups is 1. The summed E-state index contributed by atoms with van der Waals surface area (Å²) in [6.07, 6.45) is 2.32. The van der Waals surface area contributed by atoms with Gasteiger partial charge in [0.1, 0.15) is 5.76 Å². The smallest absolute Gasteiger partial charge is 0.339 e. The number of carbonyl (C=O) groups excluding carboxylic acids is 1. The zero-order valence-corrected chi connectivity index (χ0v) is 13.3. The molecule has 1 aromatic carbocycles. The number of furan rings is 1. The van der Waals surface area contributed by atoms with Gasteiger partial charge >= 0.3 is 5.97 Å². The van der Waals surface area contributed by atoms with Crippen molar-refractivity contribution in [3.8, 4) is 17.0 Å². The van der Waals surface area contributed by atoms with E-state index in [2.05, 4.69) is 9.72 Å². The first kappa shape index (κ1) is 15.1. The number of hydrogen-bond acceptors (Lipinski definition) is 5. The summed E-state index contributed by atoms with van der Waals surface area (Å²) in [6, 6.07) is 9.36. The molecule has 0 unspecified atom stereocenters. The molecule has 23 heavy (non-hydrogen) atoms. The fraction of sp³-hybridized carbons (Fsp3) is 0.222. The van der Waals surface area contributed by atoms with Gasteiger partial charge in [-0.2, -0.15) is 0 Å². The second kappa shape index (κ2) is 6.12. The molecule has 5 nitrogen and oxygen atoms in total. The highest BCUT2D eigenvalue weighted by molar-refractivity contribution is 5.90. The van der Waals surface area contributed by atoms with Gasteiger partial charge in [-0.25, -0.2) is 4.79 Å². The van der Waals surface area contributed by atoms with Gasteiger partial charge in [-0.15, -0.1) is 0 Å². The number of fused-ring (bicyclic) bond motifs is 1. The molecule has 2 heterocycles. The van der Waals surface area contributed by atoms with Crippen molar-refractivity contribution >= 4 is 16.9 Å². The van der Waals surface area contributed by atoms with Crippen LogP contribution in [-0.2, 0) is 11.2 Å². The monoisotopic (exact) mass is 311 g/mol. The Morgan fingerprint density at radius 1 is 1.22 bits per heavy atom. The lowest BCUT2D eigenvalue weighted by Crippen LogP contribution is -2.01. The lowest BCUT2D eigenvalue weighted by atomic mass is 10.1. The Bertz CT molecular complexity index is 849. The average Bonchev–Trinajstić information content (AvgIpc) is 3.03. The van der Waals surface area contributed by atoms with E-state index in [0.29, 0.717) is 11.3 Å². The maximum absolute atomic E-state index is 11.5. The van der Waals surface area contributed by atoms with Gasteiger partial charge in [0.15, 0.2) is 11.3 Å². The number of rotatable bonds is 4. The van der Waals surface area contributed by atoms with Gasteiger partial charge in [-0.05, 0) is 30.3 Å². The van der Waals surface area contributed by atoms with E-state index >= 15 is 0 Å². The normalized spacial score (nSPS) is 10.7. The summed E-state index contributed by atoms with van der Waals surface area (Å²) in [7, 11) is 2.96. The zero-order chi connectivity index (χ0) is 16.4. The van der Waals surface area contributed by atoms with Gasteiger partial charge in [0.2, 0.25) is 0 Å². The molecule has 2 aromatic heterocycles. The van der Waals surface area contributed by atoms with Crippen LogP contribution in [0, 0.1) is 0 Å². The van der Waals surface area contributed by atoms with Crippen LogP contribution in [0.4, 0.5) is 0 Å². The first-order valence-electron chi connectivity index (χ1n) is 7.31. The van der Waals surface area contributed by atoms with Gasteiger partial charge in [-0.1, -0.05) is 6.92 Å². The minimum absolute atomic E-state index is 0.403. The highest BCUT2D eigenvalue weighted by Crippen LogP contribution is 2.34. The van der Waals surface area contributed by atoms with Crippen LogP contribution in [0.15, 0.2) is 40.9 Å². The summed E-state index contributed by atoms with van der Waals surface area (Å²) >= 11 is 0. The lowest BCUT2D eigenvalue weighted by molar-refractivity contribution is 0.0600. The highest BCUT2D eigenvalue weighted by atomic mass is 16.5. The molecule has 0 saturated heterocycles. The van der Waals surface area contributed by atoms with Crippen molar-refractivity contribution in [2.45, 2.75) is 13.3 Å². The molecule has 0 radical (unpaired) electrons. The van der Waals surface area contributed by atoms with Crippen LogP contribution in [0.5, 0.6) is 5.75 Å². The molecule has 0 fully saturated rings. The molecule has 0 spiro atoms. The van der Waals surface area contributed by atoms with Crippen LogP contribution >= 0.6 is 0 Å². The molecule has 118 valence electrons. The highest BCUT2D eigenvalue weighted by Gasteiger charge is 2.13. The molecule has 0 N–H and O–H groups in total. The number of methoxy groups -OCH3 is 2. The maximum Gasteiger partial charge on any atom is 0.339 e. The molecular weight excluding hydrogens is 294 g/mol. The first-order chi connectivity index (χ1) is 11.2. The topological polar surface area (TPSA) is 61.6 Å². The summed E-state index contributed by atoms with van der Waals surface area (Å²) in [5.74, 6) is 1.17. The van der Waals surface area contributed by atoms with E-state index in [-0.39, 0.29) is 0 Å². The van der Waals surface area contributed by atoms with Gasteiger partial charge < -0.3 is 13.9 Å². The minimum atomic E-state index is -0.403. The molecular formula is C18H17NO4. The van der Waals surface area contributed by atoms with Crippen molar-refractivity contribution < 1.29 is 18.7 Å². The quantitative estimate of drug-likeness (QED) is 0.685. The largest absolute Gasteiger partial charge is 0.493 e. The van der Waals surface area contributed by atoms with Crippen LogP contribution in [0.25, 0.3) is 22.2 Å². The van der Waals surface area contributed by atoms with Crippen molar-refractivity contribution in [2.75, 3.05) is 14.2 Å². The van der Waals surface area contributed by atoms with E-state index in [9.17, 15) is 4.79 Å². The van der Waals surface area contributed by atoms with E-state index in [1.165, 1.54) is 13.3 Å². The van der Waals surface area contributed by atoms with E-state index in [1.807, 2.05) is 25.1 Å². The number of aromatic nitrogens is 1. The lowest BCUT2D eigenvalue weighted by Gasteiger charge is -2.06. The summed E-state index contributed by atoms with van der Waals surface area (Å²) < 4.78 is 15.9. The molecule has 3 aromatic rings. The number of esters is 1. The maximum atomic E-state index is 11.5. The Kier molecular flexibility index (Phi) is 4.02. The van der Waals surface area contributed by atoms with E-state index in [0.717, 1.165) is 34.4 Å². The molecule has 5 heteroatoms. The number of ether oxygens (including phenoxy) is 2. The second-order valence-electron chi connectivity index (χ2n) is 5.09. The average molecular weight is 311 g/mol. The second-order valence-corrected chi connectivity index (χ2v) is 5.09. The summed E-state index contributed by atoms with van der Waals surface area (Å²) in [5, 5.41) is 0.968. The Labute approximate surface area is 133 Å². The third-order valence-electron chi connectivity index (χ3n) is 3.68. The first-order valence-corrected chi connectivity index (χ1v) is 7.31. The van der Waals surface area contributed by atoms with Gasteiger partial charge in [-0.3, -0.25) is 4.98 Å². The molecule has 3 rings (SSSR count). The van der Waals surface area contributed by atoms with Crippen LogP contribution in [-0.4, -0.2) is 25.2 Å². The van der Waals surface area contributed by atoms with E-state index in [4.69, 9.17) is 9.15 Å². The van der Waals surface area contributed by atoms with Crippen LogP contribution in [0.2, 0.25) is 0 Å². The molecule has 0 bridgehead atoms. The number of aryl methyl sites for hydroxylation is 1. The third kappa shape index (κ3) is 2.77. The zero-order valence-electron chi connectivity index (χ0n) is 13.3. The molecule has 0 atom stereocenters. The molecule has 0 amide bonds. The van der Waals surface area contributed by atoms with Crippen molar-refractivity contribution in [1.29, 1.82) is 0 Å². The molecule has 0 aliphatic heterocycles. The van der Waals surface area contributed by atoms with Gasteiger partial charge in [0, 0.05) is 23.6 Å². The Morgan fingerprint density at radius 3 is 2.65 bits per heavy atom. The van der Waals surface area contributed by atoms with Crippen molar-refractivity contribution in [3.63, 3.8) is 0 Å². The van der Waals surface area contributed by atoms with Gasteiger partial charge in [0.25, 0.3) is 0 Å². The fourth-order valence-corrected chi connectivity index (χ4v) is 2.45. The number of pyridine rings is 1. The number of benzene rings is 1. The summed E-state index contributed by atoms with van der Waals surface area (Å²) in [4.78, 5) is 15.8. The van der Waals surface area contributed by atoms with Crippen molar-refractivity contribution in [3.05, 3.63) is 47.9 Å². The number of nitrogens with zero attached hydrogens (tertiary/aromatic N) is 1. The van der Waals surface area contributed by atoms with Crippen molar-refractivity contribution in [1.82, 2.24) is 4.98 Å². The fourth-order valence-electron chi connectivity index (χ4n) is 2.45. The van der Waals surface area contributed by atoms with Crippen LogP contribution in [0.1, 0.15) is 23.0 Å². The Balaban J connectivity index is 2.07. The van der Waals surface area contributed by atoms with Crippen LogP contribution in [0.3, 0.4) is 0 Å². The summed E-state index contributed by atoms with van der Waals surface area (Å²) in [6.45, 7) is 2.04. The van der Waals surface area contributed by atoms with Crippen LogP contribution < -0.4 is 4.74 Å². The SMILES string of the molecule is CCc1cc2cc(-c3ccc(C(=O)OC)cn3)cc(OC)c2o1. The van der Waals surface area contributed by atoms with E-state index < -0.39 is 5.97 Å². The standard InChI is InChI=1S/C18H17NO4/c1-4-14-8-13-7-12(9-16(21-2)17(13)23-14)15-6-5-11(10-19-15)18(20)22-3/h5-10H,4H2,1-3H3. The third-order valence-corrected chi connectivity index (χ3v) is 3.68. The predicted molar refractivity (Wildman–Crippen MR) is 86.7 cm³/mol. The summed E-state index contributed by atoms with van der Waals surface area (Å²) in [5.41, 5.74) is 2.80. The van der Waals surface area contributed by atoms with E-state index in [1.54, 1.807) is 19.2 Å². The molecule has 0 aliphatic rings. The van der Waals surface area contributed by atoms with Crippen molar-refractivity contribution in [2.24, 2.45) is 0 Å². The number of hydrogen-bond donors (Lipinski definition) is 0. The molecule has 0 aliphatic carbocycles. The van der Waals surface area contributed by atoms with Gasteiger partial charge in [0.05, 0.1) is 25.5 Å². The minimum Gasteiger partial charge on any atom is -0.493 e. The predicted octanol–water partition coefficient (Wildman–Crippen LogP) is 3.85.